The lowest BCUT2D eigenvalue weighted by Crippen LogP contribution is -2.37. The summed E-state index contributed by atoms with van der Waals surface area (Å²) >= 11 is 0. The van der Waals surface area contributed by atoms with Crippen molar-refractivity contribution in [3.63, 3.8) is 0 Å². The monoisotopic (exact) mass is 357 g/mol. The molecule has 2 rings (SSSR count). The van der Waals surface area contributed by atoms with E-state index in [-0.39, 0.29) is 42.3 Å². The molecule has 1 unspecified atom stereocenters. The fraction of sp³-hybridized carbons (Fsp3) is 0.667. The summed E-state index contributed by atoms with van der Waals surface area (Å²) in [6.07, 6.45) is 1.43. The average molecular weight is 357 g/mol. The van der Waals surface area contributed by atoms with Crippen LogP contribution in [0.25, 0.3) is 0 Å². The lowest BCUT2D eigenvalue weighted by atomic mass is 10.1. The Bertz CT molecular complexity index is 691. The standard InChI is InChI=1S/C15H23N3O5S/c1-10-13(11(2)23-18-10)3-4-14(19)16-7-5-15(20)17-12-6-8-24(21,22)9-12/h12H,3-9H2,1-2H3,(H,16,19)(H,17,20). The van der Waals surface area contributed by atoms with Crippen LogP contribution in [0.1, 0.15) is 36.3 Å². The van der Waals surface area contributed by atoms with Gasteiger partial charge >= 0.3 is 0 Å². The maximum Gasteiger partial charge on any atom is 0.222 e. The van der Waals surface area contributed by atoms with Gasteiger partial charge in [-0.05, 0) is 26.7 Å². The Morgan fingerprint density at radius 3 is 2.58 bits per heavy atom. The van der Waals surface area contributed by atoms with Crippen LogP contribution in [-0.4, -0.2) is 49.5 Å². The number of aromatic nitrogens is 1. The predicted octanol–water partition coefficient (Wildman–Crippen LogP) is 0.0336. The molecule has 9 heteroatoms. The Hall–Kier alpha value is -1.90. The Morgan fingerprint density at radius 2 is 2.00 bits per heavy atom. The van der Waals surface area contributed by atoms with E-state index in [0.29, 0.717) is 25.0 Å². The molecule has 134 valence electrons. The number of hydrogen-bond acceptors (Lipinski definition) is 6. The van der Waals surface area contributed by atoms with Gasteiger partial charge in [0.25, 0.3) is 0 Å². The molecule has 0 aliphatic carbocycles. The zero-order valence-electron chi connectivity index (χ0n) is 13.9. The van der Waals surface area contributed by atoms with Gasteiger partial charge in [0.15, 0.2) is 9.84 Å². The van der Waals surface area contributed by atoms with E-state index in [0.717, 1.165) is 11.3 Å². The van der Waals surface area contributed by atoms with Crippen LogP contribution in [-0.2, 0) is 25.8 Å². The second-order valence-electron chi connectivity index (χ2n) is 6.07. The van der Waals surface area contributed by atoms with Crippen LogP contribution in [0.2, 0.25) is 0 Å². The van der Waals surface area contributed by atoms with Gasteiger partial charge in [-0.1, -0.05) is 5.16 Å². The minimum absolute atomic E-state index is 0.00252. The maximum atomic E-state index is 11.8. The summed E-state index contributed by atoms with van der Waals surface area (Å²) in [6, 6.07) is -0.308. The number of hydrogen-bond donors (Lipinski definition) is 2. The van der Waals surface area contributed by atoms with Gasteiger partial charge in [-0.3, -0.25) is 9.59 Å². The van der Waals surface area contributed by atoms with Crippen molar-refractivity contribution in [1.29, 1.82) is 0 Å². The summed E-state index contributed by atoms with van der Waals surface area (Å²) in [5.74, 6) is 0.444. The molecule has 1 saturated heterocycles. The van der Waals surface area contributed by atoms with Crippen LogP contribution in [0.3, 0.4) is 0 Å². The fourth-order valence-electron chi connectivity index (χ4n) is 2.71. The van der Waals surface area contributed by atoms with Gasteiger partial charge in [0.2, 0.25) is 11.8 Å². The number of aryl methyl sites for hydroxylation is 2. The van der Waals surface area contributed by atoms with Gasteiger partial charge in [0, 0.05) is 31.0 Å². The van der Waals surface area contributed by atoms with Gasteiger partial charge < -0.3 is 15.2 Å². The largest absolute Gasteiger partial charge is 0.361 e. The fourth-order valence-corrected chi connectivity index (χ4v) is 4.38. The number of nitrogens with one attached hydrogen (secondary N) is 2. The van der Waals surface area contributed by atoms with Crippen molar-refractivity contribution < 1.29 is 22.5 Å². The van der Waals surface area contributed by atoms with E-state index < -0.39 is 9.84 Å². The molecule has 2 N–H and O–H groups in total. The lowest BCUT2D eigenvalue weighted by molar-refractivity contribution is -0.122. The van der Waals surface area contributed by atoms with E-state index in [1.54, 1.807) is 6.92 Å². The zero-order valence-corrected chi connectivity index (χ0v) is 14.7. The van der Waals surface area contributed by atoms with Gasteiger partial charge in [-0.15, -0.1) is 0 Å². The number of amides is 2. The van der Waals surface area contributed by atoms with Crippen molar-refractivity contribution in [1.82, 2.24) is 15.8 Å². The number of carbonyl (C=O) groups excluding carboxylic acids is 2. The number of rotatable bonds is 7. The highest BCUT2D eigenvalue weighted by molar-refractivity contribution is 7.91. The highest BCUT2D eigenvalue weighted by Gasteiger charge is 2.28. The van der Waals surface area contributed by atoms with Gasteiger partial charge in [0.05, 0.1) is 17.2 Å². The molecule has 1 aliphatic heterocycles. The second kappa shape index (κ2) is 7.78. The molecule has 1 fully saturated rings. The molecule has 2 heterocycles. The normalized spacial score (nSPS) is 19.2. The van der Waals surface area contributed by atoms with E-state index in [1.807, 2.05) is 6.92 Å². The molecule has 0 radical (unpaired) electrons. The Morgan fingerprint density at radius 1 is 1.25 bits per heavy atom. The molecular weight excluding hydrogens is 334 g/mol. The Kier molecular flexibility index (Phi) is 5.98. The molecular formula is C15H23N3O5S. The molecule has 0 saturated carbocycles. The van der Waals surface area contributed by atoms with Crippen LogP contribution < -0.4 is 10.6 Å². The van der Waals surface area contributed by atoms with Crippen LogP contribution in [0.15, 0.2) is 4.52 Å². The molecule has 1 atom stereocenters. The maximum absolute atomic E-state index is 11.8. The molecule has 0 bridgehead atoms. The number of nitrogens with zero attached hydrogens (tertiary/aromatic N) is 1. The van der Waals surface area contributed by atoms with E-state index >= 15 is 0 Å². The highest BCUT2D eigenvalue weighted by atomic mass is 32.2. The van der Waals surface area contributed by atoms with Crippen LogP contribution in [0, 0.1) is 13.8 Å². The van der Waals surface area contributed by atoms with Gasteiger partial charge in [0.1, 0.15) is 5.76 Å². The minimum atomic E-state index is -3.01. The van der Waals surface area contributed by atoms with Crippen molar-refractivity contribution in [3.8, 4) is 0 Å². The predicted molar refractivity (Wildman–Crippen MR) is 87.1 cm³/mol. The average Bonchev–Trinajstić information content (AvgIpc) is 2.99. The zero-order chi connectivity index (χ0) is 17.7. The van der Waals surface area contributed by atoms with Crippen molar-refractivity contribution in [2.75, 3.05) is 18.1 Å². The summed E-state index contributed by atoms with van der Waals surface area (Å²) in [5.41, 5.74) is 1.72. The molecule has 8 nitrogen and oxygen atoms in total. The third-order valence-electron chi connectivity index (χ3n) is 4.06. The van der Waals surface area contributed by atoms with E-state index in [9.17, 15) is 18.0 Å². The highest BCUT2D eigenvalue weighted by Crippen LogP contribution is 2.14. The summed E-state index contributed by atoms with van der Waals surface area (Å²) in [4.78, 5) is 23.5. The first kappa shape index (κ1) is 18.4. The second-order valence-corrected chi connectivity index (χ2v) is 8.30. The lowest BCUT2D eigenvalue weighted by Gasteiger charge is -2.11. The first-order valence-corrected chi connectivity index (χ1v) is 9.77. The first-order chi connectivity index (χ1) is 11.3. The van der Waals surface area contributed by atoms with E-state index in [1.165, 1.54) is 0 Å². The molecule has 1 aromatic heterocycles. The van der Waals surface area contributed by atoms with Crippen LogP contribution in [0.5, 0.6) is 0 Å². The van der Waals surface area contributed by atoms with Crippen LogP contribution >= 0.6 is 0 Å². The van der Waals surface area contributed by atoms with Crippen molar-refractivity contribution in [3.05, 3.63) is 17.0 Å². The third-order valence-corrected chi connectivity index (χ3v) is 5.82. The molecule has 1 aromatic rings. The summed E-state index contributed by atoms with van der Waals surface area (Å²) in [5, 5.41) is 9.21. The van der Waals surface area contributed by atoms with E-state index in [4.69, 9.17) is 4.52 Å². The Labute approximate surface area is 141 Å². The first-order valence-electron chi connectivity index (χ1n) is 7.95. The number of carbonyl (C=O) groups is 2. The van der Waals surface area contributed by atoms with Crippen molar-refractivity contribution in [2.45, 2.75) is 45.6 Å². The van der Waals surface area contributed by atoms with Crippen molar-refractivity contribution in [2.24, 2.45) is 0 Å². The quantitative estimate of drug-likeness (QED) is 0.711. The Balaban J connectivity index is 1.63. The summed E-state index contributed by atoms with van der Waals surface area (Å²) in [6.45, 7) is 3.86. The molecule has 0 aromatic carbocycles. The molecule has 1 aliphatic rings. The smallest absolute Gasteiger partial charge is 0.222 e. The SMILES string of the molecule is Cc1noc(C)c1CCC(=O)NCCC(=O)NC1CCS(=O)(=O)C1. The molecule has 2 amide bonds. The topological polar surface area (TPSA) is 118 Å². The molecule has 24 heavy (non-hydrogen) atoms. The van der Waals surface area contributed by atoms with Crippen LogP contribution in [0.4, 0.5) is 0 Å². The van der Waals surface area contributed by atoms with Gasteiger partial charge in [-0.2, -0.15) is 0 Å². The summed E-state index contributed by atoms with van der Waals surface area (Å²) < 4.78 is 27.7. The van der Waals surface area contributed by atoms with E-state index in [2.05, 4.69) is 15.8 Å². The summed E-state index contributed by atoms with van der Waals surface area (Å²) in [7, 11) is -3.01. The minimum Gasteiger partial charge on any atom is -0.361 e. The van der Waals surface area contributed by atoms with Crippen molar-refractivity contribution >= 4 is 21.7 Å². The number of sulfone groups is 1. The van der Waals surface area contributed by atoms with Gasteiger partial charge in [-0.25, -0.2) is 8.42 Å². The molecule has 0 spiro atoms. The third kappa shape index (κ3) is 5.33.